The predicted octanol–water partition coefficient (Wildman–Crippen LogP) is 4.89. The SMILES string of the molecule is O=C1NC(=Nc2ccccc2Cl)S/C1=C\c1ccc(Cl)cc1. The number of nitrogens with zero attached hydrogens (tertiary/aromatic N) is 1. The number of benzene rings is 2. The van der Waals surface area contributed by atoms with Gasteiger partial charge < -0.3 is 5.32 Å². The lowest BCUT2D eigenvalue weighted by atomic mass is 10.2. The molecule has 1 heterocycles. The Morgan fingerprint density at radius 1 is 1.05 bits per heavy atom. The molecule has 0 unspecified atom stereocenters. The van der Waals surface area contributed by atoms with Crippen LogP contribution in [0.3, 0.4) is 0 Å². The van der Waals surface area contributed by atoms with Gasteiger partial charge in [-0.25, -0.2) is 4.99 Å². The molecule has 22 heavy (non-hydrogen) atoms. The molecule has 0 aromatic heterocycles. The number of halogens is 2. The predicted molar refractivity (Wildman–Crippen MR) is 93.7 cm³/mol. The molecule has 0 spiro atoms. The van der Waals surface area contributed by atoms with E-state index < -0.39 is 0 Å². The Kier molecular flexibility index (Phi) is 4.52. The van der Waals surface area contributed by atoms with Gasteiger partial charge in [0, 0.05) is 5.02 Å². The summed E-state index contributed by atoms with van der Waals surface area (Å²) in [6, 6.07) is 14.5. The second-order valence-electron chi connectivity index (χ2n) is 4.48. The Hall–Kier alpha value is -1.75. The zero-order valence-corrected chi connectivity index (χ0v) is 13.5. The molecule has 0 radical (unpaired) electrons. The Labute approximate surface area is 142 Å². The third-order valence-corrected chi connectivity index (χ3v) is 4.37. The monoisotopic (exact) mass is 348 g/mol. The van der Waals surface area contributed by atoms with Crippen LogP contribution >= 0.6 is 35.0 Å². The van der Waals surface area contributed by atoms with E-state index in [4.69, 9.17) is 23.2 Å². The van der Waals surface area contributed by atoms with Crippen molar-refractivity contribution in [3.63, 3.8) is 0 Å². The van der Waals surface area contributed by atoms with Crippen molar-refractivity contribution >= 4 is 57.8 Å². The van der Waals surface area contributed by atoms with Gasteiger partial charge in [-0.1, -0.05) is 47.5 Å². The van der Waals surface area contributed by atoms with Crippen molar-refractivity contribution in [2.45, 2.75) is 0 Å². The van der Waals surface area contributed by atoms with E-state index >= 15 is 0 Å². The standard InChI is InChI=1S/C16H10Cl2N2OS/c17-11-7-5-10(6-8-11)9-14-15(21)20-16(22-14)19-13-4-2-1-3-12(13)18/h1-9H,(H,19,20,21)/b14-9-. The van der Waals surface area contributed by atoms with Gasteiger partial charge in [0.2, 0.25) is 0 Å². The average Bonchev–Trinajstić information content (AvgIpc) is 2.84. The van der Waals surface area contributed by atoms with Gasteiger partial charge in [0.25, 0.3) is 5.91 Å². The van der Waals surface area contributed by atoms with Crippen molar-refractivity contribution in [3.8, 4) is 0 Å². The first-order valence-corrected chi connectivity index (χ1v) is 7.99. The molecule has 1 N–H and O–H groups in total. The van der Waals surface area contributed by atoms with Crippen LogP contribution in [0.25, 0.3) is 6.08 Å². The summed E-state index contributed by atoms with van der Waals surface area (Å²) in [6.45, 7) is 0. The van der Waals surface area contributed by atoms with E-state index in [1.54, 1.807) is 30.3 Å². The molecule has 3 rings (SSSR count). The molecule has 0 atom stereocenters. The van der Waals surface area contributed by atoms with Crippen molar-refractivity contribution in [2.75, 3.05) is 0 Å². The van der Waals surface area contributed by atoms with Gasteiger partial charge in [-0.3, -0.25) is 4.79 Å². The first-order chi connectivity index (χ1) is 10.6. The minimum absolute atomic E-state index is 0.175. The number of carbonyl (C=O) groups excluding carboxylic acids is 1. The minimum Gasteiger partial charge on any atom is -0.300 e. The molecule has 0 aliphatic carbocycles. The molecule has 2 aromatic carbocycles. The van der Waals surface area contributed by atoms with Gasteiger partial charge in [0.05, 0.1) is 15.6 Å². The lowest BCUT2D eigenvalue weighted by molar-refractivity contribution is -0.115. The molecule has 1 fully saturated rings. The number of thioether (sulfide) groups is 1. The topological polar surface area (TPSA) is 41.5 Å². The fourth-order valence-electron chi connectivity index (χ4n) is 1.84. The number of para-hydroxylation sites is 1. The van der Waals surface area contributed by atoms with Crippen LogP contribution in [0.5, 0.6) is 0 Å². The molecular formula is C16H10Cl2N2OS. The van der Waals surface area contributed by atoms with Crippen LogP contribution in [0.2, 0.25) is 10.0 Å². The fraction of sp³-hybridized carbons (Fsp3) is 0. The molecule has 1 aliphatic rings. The normalized spacial score (nSPS) is 18.0. The van der Waals surface area contributed by atoms with Crippen molar-refractivity contribution < 1.29 is 4.79 Å². The Balaban J connectivity index is 1.84. The molecular weight excluding hydrogens is 339 g/mol. The van der Waals surface area contributed by atoms with E-state index in [2.05, 4.69) is 10.3 Å². The Morgan fingerprint density at radius 3 is 2.50 bits per heavy atom. The summed E-state index contributed by atoms with van der Waals surface area (Å²) in [5, 5.41) is 4.45. The quantitative estimate of drug-likeness (QED) is 0.785. The van der Waals surface area contributed by atoms with Crippen molar-refractivity contribution in [1.29, 1.82) is 0 Å². The molecule has 110 valence electrons. The second kappa shape index (κ2) is 6.57. The van der Waals surface area contributed by atoms with Crippen molar-refractivity contribution in [1.82, 2.24) is 5.32 Å². The first-order valence-electron chi connectivity index (χ1n) is 6.41. The summed E-state index contributed by atoms with van der Waals surface area (Å²) in [5.74, 6) is -0.175. The minimum atomic E-state index is -0.175. The van der Waals surface area contributed by atoms with Gasteiger partial charge >= 0.3 is 0 Å². The fourth-order valence-corrected chi connectivity index (χ4v) is 2.98. The number of hydrogen-bond donors (Lipinski definition) is 1. The van der Waals surface area contributed by atoms with Gasteiger partial charge in [0.1, 0.15) is 0 Å². The summed E-state index contributed by atoms with van der Waals surface area (Å²) in [7, 11) is 0. The summed E-state index contributed by atoms with van der Waals surface area (Å²) in [6.07, 6.45) is 1.80. The van der Waals surface area contributed by atoms with Crippen LogP contribution in [-0.2, 0) is 4.79 Å². The molecule has 6 heteroatoms. The third kappa shape index (κ3) is 3.53. The number of rotatable bonds is 2. The summed E-state index contributed by atoms with van der Waals surface area (Å²) in [5.41, 5.74) is 1.53. The maximum absolute atomic E-state index is 12.0. The van der Waals surface area contributed by atoms with E-state index in [9.17, 15) is 4.79 Å². The number of carbonyl (C=O) groups is 1. The van der Waals surface area contributed by atoms with E-state index in [-0.39, 0.29) is 5.91 Å². The molecule has 2 aromatic rings. The highest BCUT2D eigenvalue weighted by atomic mass is 35.5. The largest absolute Gasteiger partial charge is 0.300 e. The number of nitrogens with one attached hydrogen (secondary N) is 1. The smallest absolute Gasteiger partial charge is 0.264 e. The van der Waals surface area contributed by atoms with Crippen molar-refractivity contribution in [3.05, 3.63) is 69.0 Å². The van der Waals surface area contributed by atoms with Crippen molar-refractivity contribution in [2.24, 2.45) is 4.99 Å². The summed E-state index contributed by atoms with van der Waals surface area (Å²) < 4.78 is 0. The first kappa shape index (κ1) is 15.2. The summed E-state index contributed by atoms with van der Waals surface area (Å²) >= 11 is 13.2. The molecule has 1 amide bonds. The van der Waals surface area contributed by atoms with Crippen LogP contribution in [0.15, 0.2) is 58.4 Å². The lowest BCUT2D eigenvalue weighted by Gasteiger charge is -1.98. The third-order valence-electron chi connectivity index (χ3n) is 2.89. The molecule has 0 bridgehead atoms. The highest BCUT2D eigenvalue weighted by molar-refractivity contribution is 8.18. The molecule has 0 saturated carbocycles. The van der Waals surface area contributed by atoms with Gasteiger partial charge in [-0.05, 0) is 47.7 Å². The van der Waals surface area contributed by atoms with Crippen LogP contribution in [0.4, 0.5) is 5.69 Å². The molecule has 3 nitrogen and oxygen atoms in total. The van der Waals surface area contributed by atoms with E-state index in [1.807, 2.05) is 24.3 Å². The van der Waals surface area contributed by atoms with E-state index in [0.29, 0.717) is 25.8 Å². The van der Waals surface area contributed by atoms with Crippen LogP contribution in [0, 0.1) is 0 Å². The number of amides is 1. The van der Waals surface area contributed by atoms with E-state index in [1.165, 1.54) is 11.8 Å². The van der Waals surface area contributed by atoms with E-state index in [0.717, 1.165) is 5.56 Å². The van der Waals surface area contributed by atoms with Crippen LogP contribution < -0.4 is 5.32 Å². The molecule has 1 saturated heterocycles. The number of hydrogen-bond acceptors (Lipinski definition) is 3. The zero-order valence-electron chi connectivity index (χ0n) is 11.2. The Bertz CT molecular complexity index is 785. The Morgan fingerprint density at radius 2 is 1.77 bits per heavy atom. The van der Waals surface area contributed by atoms with Gasteiger partial charge in [-0.2, -0.15) is 0 Å². The van der Waals surface area contributed by atoms with Gasteiger partial charge in [0.15, 0.2) is 5.17 Å². The molecule has 1 aliphatic heterocycles. The van der Waals surface area contributed by atoms with Gasteiger partial charge in [-0.15, -0.1) is 0 Å². The van der Waals surface area contributed by atoms with Crippen LogP contribution in [-0.4, -0.2) is 11.1 Å². The second-order valence-corrected chi connectivity index (χ2v) is 6.36. The maximum atomic E-state index is 12.0. The number of amidine groups is 1. The highest BCUT2D eigenvalue weighted by Crippen LogP contribution is 2.30. The zero-order chi connectivity index (χ0) is 15.5. The maximum Gasteiger partial charge on any atom is 0.264 e. The number of aliphatic imine (C=N–C) groups is 1. The van der Waals surface area contributed by atoms with Crippen LogP contribution in [0.1, 0.15) is 5.56 Å². The summed E-state index contributed by atoms with van der Waals surface area (Å²) in [4.78, 5) is 16.9. The highest BCUT2D eigenvalue weighted by Gasteiger charge is 2.23. The average molecular weight is 349 g/mol. The lowest BCUT2D eigenvalue weighted by Crippen LogP contribution is -2.19.